The van der Waals surface area contributed by atoms with Crippen molar-refractivity contribution in [2.24, 2.45) is 20.5 Å². The first kappa shape index (κ1) is 73.2. The summed E-state index contributed by atoms with van der Waals surface area (Å²) in [6.45, 7) is 6.67. The van der Waals surface area contributed by atoms with Gasteiger partial charge in [-0.1, -0.05) is 28.3 Å². The first-order chi connectivity index (χ1) is 27.3. The Morgan fingerprint density at radius 2 is 1.18 bits per heavy atom. The van der Waals surface area contributed by atoms with Gasteiger partial charge in [0.05, 0.1) is 22.6 Å². The van der Waals surface area contributed by atoms with Gasteiger partial charge < -0.3 is 47.8 Å². The molecule has 0 aliphatic rings. The molecule has 0 saturated heterocycles. The Morgan fingerprint density at radius 3 is 1.62 bits per heavy atom. The van der Waals surface area contributed by atoms with Crippen LogP contribution in [0, 0.1) is 19.9 Å². The summed E-state index contributed by atoms with van der Waals surface area (Å²) in [4.78, 5) is -1.63. The van der Waals surface area contributed by atoms with Crippen molar-refractivity contribution in [2.75, 3.05) is 31.0 Å². The second-order valence-corrected chi connectivity index (χ2v) is 18.0. The summed E-state index contributed by atoms with van der Waals surface area (Å²) in [7, 11) is -23.1. The van der Waals surface area contributed by atoms with Crippen molar-refractivity contribution in [1.82, 2.24) is 0 Å². The molecule has 1 radical (unpaired) electrons. The number of phenolic OH excluding ortho intramolecular Hbond substituents is 2. The SMILES string of the molecule is O=S(=O)([O-])O.O=S(=O)([O-])O.O=S(=O)=O.[CH2-]CS(=O)(=O)c1ccc(N=Nc2c(NC)ccc3c(O)c(N=Nc4cc(OC)c(S(=O)(=O)C[CH2-])cc4O)[c-]cc23)c(S(=O)(=O)[O-])c1.[Cu].[Na+].[Na+].[Na+].[Na+]. The first-order valence-electron chi connectivity index (χ1n) is 14.7. The molecule has 0 bridgehead atoms. The average molecular weight is 1120 g/mol. The van der Waals surface area contributed by atoms with Crippen LogP contribution in [0.15, 0.2) is 83.7 Å². The molecule has 0 atom stereocenters. The molecular formula is C28H27CuN5Na4O21S6-2. The van der Waals surface area contributed by atoms with Gasteiger partial charge in [-0.25, -0.2) is 42.1 Å². The summed E-state index contributed by atoms with van der Waals surface area (Å²) < 4.78 is 181. The summed E-state index contributed by atoms with van der Waals surface area (Å²) in [5.74, 6) is -2.11. The van der Waals surface area contributed by atoms with E-state index in [1.54, 1.807) is 7.05 Å². The number of benzene rings is 4. The predicted octanol–water partition coefficient (Wildman–Crippen LogP) is -9.93. The van der Waals surface area contributed by atoms with Crippen LogP contribution in [0.3, 0.4) is 0 Å². The van der Waals surface area contributed by atoms with Crippen molar-refractivity contribution in [1.29, 1.82) is 0 Å². The van der Waals surface area contributed by atoms with E-state index >= 15 is 0 Å². The number of nitrogens with zero attached hydrogens (tertiary/aromatic N) is 4. The van der Waals surface area contributed by atoms with Crippen LogP contribution in [0.25, 0.3) is 10.8 Å². The Bertz CT molecular complexity index is 2950. The minimum Gasteiger partial charge on any atom is -0.744 e. The molecule has 4 aromatic rings. The third kappa shape index (κ3) is 25.6. The molecular weight excluding hydrogens is 1090 g/mol. The van der Waals surface area contributed by atoms with Crippen molar-refractivity contribution in [2.45, 2.75) is 14.7 Å². The van der Waals surface area contributed by atoms with Crippen LogP contribution in [0.5, 0.6) is 17.2 Å². The van der Waals surface area contributed by atoms with E-state index in [4.69, 9.17) is 52.4 Å². The zero-order valence-corrected chi connectivity index (χ0v) is 48.1. The smallest absolute Gasteiger partial charge is 0.744 e. The number of hydrogen-bond donors (Lipinski definition) is 5. The van der Waals surface area contributed by atoms with Gasteiger partial charge in [0.15, 0.2) is 19.7 Å². The topological polar surface area (TPSA) is 443 Å². The van der Waals surface area contributed by atoms with Gasteiger partial charge in [0.1, 0.15) is 37.9 Å². The number of fused-ring (bicyclic) bond motifs is 1. The van der Waals surface area contributed by atoms with Crippen LogP contribution in [-0.2, 0) is 78.3 Å². The molecule has 343 valence electrons. The fraction of sp³-hybridized carbons (Fsp3) is 0.143. The molecule has 0 aliphatic heterocycles. The maximum absolute atomic E-state index is 12.3. The van der Waals surface area contributed by atoms with Gasteiger partial charge in [-0.2, -0.15) is 27.5 Å². The fourth-order valence-corrected chi connectivity index (χ4v) is 6.59. The molecule has 0 aliphatic carbocycles. The van der Waals surface area contributed by atoms with E-state index in [1.165, 1.54) is 25.3 Å². The molecule has 65 heavy (non-hydrogen) atoms. The van der Waals surface area contributed by atoms with Crippen molar-refractivity contribution in [3.05, 3.63) is 68.4 Å². The van der Waals surface area contributed by atoms with Gasteiger partial charge in [-0.3, -0.25) is 9.11 Å². The number of aromatic hydroxyl groups is 2. The Morgan fingerprint density at radius 1 is 0.708 bits per heavy atom. The van der Waals surface area contributed by atoms with Crippen LogP contribution in [0.1, 0.15) is 0 Å². The average Bonchev–Trinajstić information content (AvgIpc) is 3.11. The Hall–Kier alpha value is -0.771. The predicted molar refractivity (Wildman–Crippen MR) is 201 cm³/mol. The van der Waals surface area contributed by atoms with Crippen LogP contribution < -0.4 is 128 Å². The van der Waals surface area contributed by atoms with Crippen LogP contribution in [-0.4, -0.2) is 113 Å². The third-order valence-corrected chi connectivity index (χ3v) is 10.4. The first-order valence-corrected chi connectivity index (χ1v) is 23.1. The quantitative estimate of drug-likeness (QED) is 0.0306. The molecule has 0 fully saturated rings. The van der Waals surface area contributed by atoms with E-state index in [2.05, 4.69) is 45.7 Å². The van der Waals surface area contributed by atoms with E-state index in [0.717, 1.165) is 24.3 Å². The fourth-order valence-electron chi connectivity index (χ4n) is 4.11. The number of rotatable bonds is 11. The Balaban J connectivity index is -0.000000552. The van der Waals surface area contributed by atoms with Crippen molar-refractivity contribution in [3.8, 4) is 17.2 Å². The molecule has 0 spiro atoms. The van der Waals surface area contributed by atoms with E-state index < -0.39 is 99.7 Å². The van der Waals surface area contributed by atoms with E-state index in [9.17, 15) is 40.0 Å². The Kier molecular flexibility index (Phi) is 35.4. The normalized spacial score (nSPS) is 11.2. The van der Waals surface area contributed by atoms with Gasteiger partial charge in [-0.15, -0.1) is 17.7 Å². The third-order valence-electron chi connectivity index (χ3n) is 6.53. The van der Waals surface area contributed by atoms with Crippen molar-refractivity contribution in [3.63, 3.8) is 0 Å². The number of nitrogens with one attached hydrogen (secondary N) is 1. The molecule has 0 unspecified atom stereocenters. The summed E-state index contributed by atoms with van der Waals surface area (Å²) in [6, 6.07) is 12.0. The molecule has 26 nitrogen and oxygen atoms in total. The standard InChI is InChI=1S/C28H26N5O10S3.Cu.4Na.2H2O4S.O3S/c1-5-44(36,37)16-7-10-19(25(13-16)46(40,41)42)30-33-27-17-8-12-21(28(35)18(17)9-11-20(27)29-3)31-32-22-14-24(43-4)26(15-23(22)34)45(38,39)6-2;;;;;;2*1-5(2,3)4;1-4(2)3/h7-11,13-15,29,34-35H,1-2,5-6H2,3-4H3,(H,40,41,42);;;;;;2*(H2,1,2,3,4);/q-3;;4*+1;;;/p-3. The van der Waals surface area contributed by atoms with Gasteiger partial charge in [-0.05, 0) is 24.3 Å². The number of methoxy groups -OCH3 is 1. The van der Waals surface area contributed by atoms with Crippen LogP contribution >= 0.6 is 0 Å². The summed E-state index contributed by atoms with van der Waals surface area (Å²) in [6.07, 6.45) is 0. The van der Waals surface area contributed by atoms with Crippen LogP contribution in [0.4, 0.5) is 28.4 Å². The number of azo groups is 2. The molecule has 4 aromatic carbocycles. The van der Waals surface area contributed by atoms with Gasteiger partial charge in [0.2, 0.25) is 20.8 Å². The maximum atomic E-state index is 12.3. The number of phenols is 2. The number of anilines is 1. The van der Waals surface area contributed by atoms with Gasteiger partial charge in [0.25, 0.3) is 0 Å². The van der Waals surface area contributed by atoms with E-state index in [0.29, 0.717) is 11.8 Å². The largest absolute Gasteiger partial charge is 1.00 e. The maximum Gasteiger partial charge on any atom is 1.00 e. The number of ether oxygens (including phenoxy) is 1. The van der Waals surface area contributed by atoms with Crippen molar-refractivity contribution >= 4 is 100 Å². The zero-order chi connectivity index (χ0) is 46.6. The zero-order valence-electron chi connectivity index (χ0n) is 34.2. The van der Waals surface area contributed by atoms with E-state index in [1.807, 2.05) is 0 Å². The second kappa shape index (κ2) is 31.5. The number of sulfone groups is 2. The molecule has 37 heteroatoms. The monoisotopic (exact) mass is 1120 g/mol. The van der Waals surface area contributed by atoms with Crippen LogP contribution in [0.2, 0.25) is 0 Å². The van der Waals surface area contributed by atoms with Gasteiger partial charge in [0, 0.05) is 53.4 Å². The van der Waals surface area contributed by atoms with Crippen molar-refractivity contribution < 1.29 is 228 Å². The van der Waals surface area contributed by atoms with E-state index in [-0.39, 0.29) is 174 Å². The molecule has 0 aromatic heterocycles. The molecule has 5 N–H and O–H groups in total. The minimum absolute atomic E-state index is 0. The van der Waals surface area contributed by atoms with Gasteiger partial charge >= 0.3 is 129 Å². The molecule has 0 heterocycles. The summed E-state index contributed by atoms with van der Waals surface area (Å²) >= 11 is 0. The Labute approximate surface area is 473 Å². The molecule has 0 saturated carbocycles. The minimum atomic E-state index is -5.18. The molecule has 0 amide bonds. The molecule has 4 rings (SSSR count). The summed E-state index contributed by atoms with van der Waals surface area (Å²) in [5, 5.41) is 40.5. The number of hydrogen-bond acceptors (Lipinski definition) is 24. The summed E-state index contributed by atoms with van der Waals surface area (Å²) in [5.41, 5.74) is -0.327. The second-order valence-electron chi connectivity index (χ2n) is 10.3.